The molecule has 2 aromatic rings. The molecule has 0 unspecified atom stereocenters. The van der Waals surface area contributed by atoms with E-state index in [9.17, 15) is 0 Å². The third-order valence-electron chi connectivity index (χ3n) is 3.35. The van der Waals surface area contributed by atoms with E-state index in [0.29, 0.717) is 0 Å². The second kappa shape index (κ2) is 3.38. The standard InChI is InChI=1S/C13H15NO/c15-8-9-5-6-13-11(7-9)10-3-1-2-4-12(10)14-13/h5-7,14-15H,1-4,8H2. The Balaban J connectivity index is 2.24. The summed E-state index contributed by atoms with van der Waals surface area (Å²) in [6, 6.07) is 6.19. The van der Waals surface area contributed by atoms with Crippen LogP contribution in [0, 0.1) is 0 Å². The number of aliphatic hydroxyl groups is 1. The second-order valence-corrected chi connectivity index (χ2v) is 4.33. The predicted octanol–water partition coefficient (Wildman–Crippen LogP) is 2.54. The number of aliphatic hydroxyl groups excluding tert-OH is 1. The molecule has 2 N–H and O–H groups in total. The summed E-state index contributed by atoms with van der Waals surface area (Å²) in [5.74, 6) is 0. The Kier molecular flexibility index (Phi) is 2.03. The van der Waals surface area contributed by atoms with Crippen molar-refractivity contribution >= 4 is 10.9 Å². The van der Waals surface area contributed by atoms with Crippen LogP contribution in [0.15, 0.2) is 18.2 Å². The summed E-state index contributed by atoms with van der Waals surface area (Å²) in [5, 5.41) is 10.4. The Labute approximate surface area is 88.9 Å². The zero-order chi connectivity index (χ0) is 10.3. The second-order valence-electron chi connectivity index (χ2n) is 4.33. The van der Waals surface area contributed by atoms with Crippen LogP contribution in [0.25, 0.3) is 10.9 Å². The van der Waals surface area contributed by atoms with Crippen LogP contribution in [-0.2, 0) is 19.4 Å². The Morgan fingerprint density at radius 3 is 2.93 bits per heavy atom. The Hall–Kier alpha value is -1.28. The number of hydrogen-bond acceptors (Lipinski definition) is 1. The van der Waals surface area contributed by atoms with Gasteiger partial charge in [0.05, 0.1) is 6.61 Å². The van der Waals surface area contributed by atoms with Gasteiger partial charge in [-0.15, -0.1) is 0 Å². The topological polar surface area (TPSA) is 36.0 Å². The van der Waals surface area contributed by atoms with Gasteiger partial charge >= 0.3 is 0 Å². The van der Waals surface area contributed by atoms with Crippen molar-refractivity contribution in [3.63, 3.8) is 0 Å². The highest BCUT2D eigenvalue weighted by molar-refractivity contribution is 5.85. The van der Waals surface area contributed by atoms with Crippen molar-refractivity contribution in [2.45, 2.75) is 32.3 Å². The van der Waals surface area contributed by atoms with Crippen LogP contribution in [0.2, 0.25) is 0 Å². The monoisotopic (exact) mass is 201 g/mol. The first-order valence-corrected chi connectivity index (χ1v) is 5.61. The van der Waals surface area contributed by atoms with Gasteiger partial charge in [-0.05, 0) is 48.9 Å². The highest BCUT2D eigenvalue weighted by Gasteiger charge is 2.14. The smallest absolute Gasteiger partial charge is 0.0682 e. The molecular formula is C13H15NO. The molecule has 2 heteroatoms. The van der Waals surface area contributed by atoms with E-state index in [1.54, 1.807) is 0 Å². The number of H-pyrrole nitrogens is 1. The molecule has 0 amide bonds. The minimum absolute atomic E-state index is 0.135. The van der Waals surface area contributed by atoms with E-state index in [4.69, 9.17) is 5.11 Å². The van der Waals surface area contributed by atoms with Gasteiger partial charge in [-0.25, -0.2) is 0 Å². The minimum atomic E-state index is 0.135. The number of aromatic amines is 1. The molecule has 0 aliphatic heterocycles. The number of rotatable bonds is 1. The van der Waals surface area contributed by atoms with Gasteiger partial charge in [-0.3, -0.25) is 0 Å². The van der Waals surface area contributed by atoms with Crippen molar-refractivity contribution in [1.82, 2.24) is 4.98 Å². The first kappa shape index (κ1) is 8.98. The molecule has 15 heavy (non-hydrogen) atoms. The third kappa shape index (κ3) is 1.37. The summed E-state index contributed by atoms with van der Waals surface area (Å²) < 4.78 is 0. The largest absolute Gasteiger partial charge is 0.392 e. The van der Waals surface area contributed by atoms with E-state index in [-0.39, 0.29) is 6.61 Å². The van der Waals surface area contributed by atoms with E-state index in [0.717, 1.165) is 5.56 Å². The molecule has 1 aliphatic carbocycles. The summed E-state index contributed by atoms with van der Waals surface area (Å²) in [6.45, 7) is 0.135. The van der Waals surface area contributed by atoms with Crippen LogP contribution >= 0.6 is 0 Å². The molecule has 3 rings (SSSR count). The third-order valence-corrected chi connectivity index (χ3v) is 3.35. The highest BCUT2D eigenvalue weighted by Crippen LogP contribution is 2.29. The molecule has 2 nitrogen and oxygen atoms in total. The van der Waals surface area contributed by atoms with Crippen LogP contribution in [-0.4, -0.2) is 10.1 Å². The molecule has 0 bridgehead atoms. The maximum atomic E-state index is 9.13. The lowest BCUT2D eigenvalue weighted by atomic mass is 9.95. The zero-order valence-electron chi connectivity index (χ0n) is 8.71. The minimum Gasteiger partial charge on any atom is -0.392 e. The zero-order valence-corrected chi connectivity index (χ0v) is 8.71. The number of nitrogens with one attached hydrogen (secondary N) is 1. The van der Waals surface area contributed by atoms with Crippen LogP contribution in [0.1, 0.15) is 29.7 Å². The van der Waals surface area contributed by atoms with Crippen molar-refractivity contribution in [2.75, 3.05) is 0 Å². The van der Waals surface area contributed by atoms with Gasteiger partial charge in [-0.1, -0.05) is 6.07 Å². The quantitative estimate of drug-likeness (QED) is 0.730. The van der Waals surface area contributed by atoms with Crippen molar-refractivity contribution < 1.29 is 5.11 Å². The average Bonchev–Trinajstić information content (AvgIpc) is 2.66. The molecule has 0 saturated heterocycles. The summed E-state index contributed by atoms with van der Waals surface area (Å²) >= 11 is 0. The van der Waals surface area contributed by atoms with Gasteiger partial charge in [0, 0.05) is 16.6 Å². The van der Waals surface area contributed by atoms with Gasteiger partial charge in [0.2, 0.25) is 0 Å². The van der Waals surface area contributed by atoms with Gasteiger partial charge in [0.25, 0.3) is 0 Å². The fourth-order valence-electron chi connectivity index (χ4n) is 2.55. The fraction of sp³-hybridized carbons (Fsp3) is 0.385. The number of aromatic nitrogens is 1. The maximum Gasteiger partial charge on any atom is 0.0682 e. The summed E-state index contributed by atoms with van der Waals surface area (Å²) in [4.78, 5) is 3.49. The van der Waals surface area contributed by atoms with Crippen LogP contribution in [0.4, 0.5) is 0 Å². The van der Waals surface area contributed by atoms with E-state index in [1.807, 2.05) is 6.07 Å². The average molecular weight is 201 g/mol. The number of aryl methyl sites for hydroxylation is 2. The normalized spacial score (nSPS) is 15.5. The molecular weight excluding hydrogens is 186 g/mol. The van der Waals surface area contributed by atoms with Crippen LogP contribution < -0.4 is 0 Å². The molecule has 1 aromatic heterocycles. The first-order valence-electron chi connectivity index (χ1n) is 5.61. The van der Waals surface area contributed by atoms with E-state index in [1.165, 1.54) is 47.8 Å². The van der Waals surface area contributed by atoms with Crippen LogP contribution in [0.5, 0.6) is 0 Å². The molecule has 1 heterocycles. The Morgan fingerprint density at radius 1 is 1.20 bits per heavy atom. The number of hydrogen-bond donors (Lipinski definition) is 2. The molecule has 0 radical (unpaired) electrons. The van der Waals surface area contributed by atoms with Gasteiger partial charge in [0.1, 0.15) is 0 Å². The summed E-state index contributed by atoms with van der Waals surface area (Å²) in [5.41, 5.74) is 5.12. The summed E-state index contributed by atoms with van der Waals surface area (Å²) in [7, 11) is 0. The first-order chi connectivity index (χ1) is 7.38. The summed E-state index contributed by atoms with van der Waals surface area (Å²) in [6.07, 6.45) is 4.96. The van der Waals surface area contributed by atoms with Crippen LogP contribution in [0.3, 0.4) is 0 Å². The predicted molar refractivity (Wildman–Crippen MR) is 60.9 cm³/mol. The molecule has 78 valence electrons. The molecule has 0 atom stereocenters. The molecule has 1 aliphatic rings. The number of benzene rings is 1. The molecule has 0 spiro atoms. The lowest BCUT2D eigenvalue weighted by Crippen LogP contribution is -2.00. The van der Waals surface area contributed by atoms with Crippen molar-refractivity contribution in [2.24, 2.45) is 0 Å². The van der Waals surface area contributed by atoms with Crippen molar-refractivity contribution in [3.05, 3.63) is 35.0 Å². The van der Waals surface area contributed by atoms with E-state index >= 15 is 0 Å². The van der Waals surface area contributed by atoms with E-state index < -0.39 is 0 Å². The molecule has 1 aromatic carbocycles. The van der Waals surface area contributed by atoms with Gasteiger partial charge in [-0.2, -0.15) is 0 Å². The van der Waals surface area contributed by atoms with E-state index in [2.05, 4.69) is 17.1 Å². The molecule has 0 saturated carbocycles. The Morgan fingerprint density at radius 2 is 2.07 bits per heavy atom. The SMILES string of the molecule is OCc1ccc2[nH]c3c(c2c1)CCCC3. The maximum absolute atomic E-state index is 9.13. The lowest BCUT2D eigenvalue weighted by molar-refractivity contribution is 0.282. The Bertz CT molecular complexity index is 498. The van der Waals surface area contributed by atoms with Gasteiger partial charge < -0.3 is 10.1 Å². The molecule has 0 fully saturated rings. The number of fused-ring (bicyclic) bond motifs is 3. The van der Waals surface area contributed by atoms with Crippen molar-refractivity contribution in [3.8, 4) is 0 Å². The lowest BCUT2D eigenvalue weighted by Gasteiger charge is -2.10. The van der Waals surface area contributed by atoms with Crippen molar-refractivity contribution in [1.29, 1.82) is 0 Å². The van der Waals surface area contributed by atoms with Gasteiger partial charge in [0.15, 0.2) is 0 Å². The fourth-order valence-corrected chi connectivity index (χ4v) is 2.55. The highest BCUT2D eigenvalue weighted by atomic mass is 16.3.